The van der Waals surface area contributed by atoms with Gasteiger partial charge in [0.05, 0.1) is 11.4 Å². The van der Waals surface area contributed by atoms with Crippen molar-refractivity contribution < 1.29 is 19.1 Å². The minimum absolute atomic E-state index is 0.0437. The average Bonchev–Trinajstić information content (AvgIpc) is 3.15. The van der Waals surface area contributed by atoms with Crippen LogP contribution in [0.5, 0.6) is 0 Å². The second-order valence-electron chi connectivity index (χ2n) is 9.81. The summed E-state index contributed by atoms with van der Waals surface area (Å²) >= 11 is 1.35. The molecule has 0 saturated carbocycles. The zero-order chi connectivity index (χ0) is 26.2. The molecule has 0 fully saturated rings. The van der Waals surface area contributed by atoms with Crippen LogP contribution in [0, 0.1) is 0 Å². The quantitative estimate of drug-likeness (QED) is 0.455. The summed E-state index contributed by atoms with van der Waals surface area (Å²) in [5, 5.41) is 11.9. The van der Waals surface area contributed by atoms with E-state index in [1.165, 1.54) is 11.3 Å². The van der Waals surface area contributed by atoms with Gasteiger partial charge in [0.2, 0.25) is 0 Å². The van der Waals surface area contributed by atoms with Gasteiger partial charge in [-0.15, -0.1) is 11.3 Å². The molecule has 0 aliphatic rings. The molecule has 0 aliphatic heterocycles. The lowest BCUT2D eigenvalue weighted by Gasteiger charge is -2.26. The van der Waals surface area contributed by atoms with Gasteiger partial charge in [-0.25, -0.2) is 9.59 Å². The van der Waals surface area contributed by atoms with Crippen LogP contribution in [0.1, 0.15) is 50.5 Å². The van der Waals surface area contributed by atoms with Crippen LogP contribution < -0.4 is 16.0 Å². The van der Waals surface area contributed by atoms with Gasteiger partial charge < -0.3 is 25.2 Å². The summed E-state index contributed by atoms with van der Waals surface area (Å²) in [6.45, 7) is 11.0. The average molecular weight is 504 g/mol. The lowest BCUT2D eigenvalue weighted by molar-refractivity contribution is 0.0635. The van der Waals surface area contributed by atoms with Crippen molar-refractivity contribution in [2.75, 3.05) is 37.8 Å². The second kappa shape index (κ2) is 12.6. The molecule has 9 nitrogen and oxygen atoms in total. The first-order chi connectivity index (χ1) is 16.3. The standard InChI is InChI=1S/C25H37N5O4S/c1-17(2)26-23(32)30(13-12-29(6)7)14-18-8-10-19(11-9-18)22(31)27-20-15-35-16-21(20)28-24(33)34-25(3,4)5/h8-11,15-17H,12-14H2,1-7H3,(H,26,32)(H,27,31)(H,28,33). The van der Waals surface area contributed by atoms with Gasteiger partial charge in [-0.2, -0.15) is 0 Å². The molecule has 2 aromatic rings. The molecule has 0 aliphatic carbocycles. The molecule has 4 amide bonds. The Balaban J connectivity index is 2.03. The number of amides is 4. The monoisotopic (exact) mass is 503 g/mol. The highest BCUT2D eigenvalue weighted by molar-refractivity contribution is 7.09. The predicted octanol–water partition coefficient (Wildman–Crippen LogP) is 4.83. The zero-order valence-electron chi connectivity index (χ0n) is 21.6. The molecule has 1 aromatic heterocycles. The number of benzene rings is 1. The molecule has 3 N–H and O–H groups in total. The first kappa shape index (κ1) is 28.1. The largest absolute Gasteiger partial charge is 0.444 e. The van der Waals surface area contributed by atoms with Crippen molar-refractivity contribution in [1.29, 1.82) is 0 Å². The highest BCUT2D eigenvalue weighted by Gasteiger charge is 2.19. The number of thiophene rings is 1. The maximum absolute atomic E-state index is 12.8. The Hall–Kier alpha value is -3.11. The van der Waals surface area contributed by atoms with Gasteiger partial charge in [0.15, 0.2) is 0 Å². The normalized spacial score (nSPS) is 11.3. The minimum atomic E-state index is -0.622. The van der Waals surface area contributed by atoms with Crippen LogP contribution >= 0.6 is 11.3 Å². The van der Waals surface area contributed by atoms with E-state index in [0.717, 1.165) is 12.1 Å². The van der Waals surface area contributed by atoms with Crippen LogP contribution in [0.15, 0.2) is 35.0 Å². The van der Waals surface area contributed by atoms with Gasteiger partial charge in [-0.3, -0.25) is 10.1 Å². The molecule has 35 heavy (non-hydrogen) atoms. The van der Waals surface area contributed by atoms with Crippen molar-refractivity contribution in [3.63, 3.8) is 0 Å². The van der Waals surface area contributed by atoms with Crippen LogP contribution in [0.3, 0.4) is 0 Å². The van der Waals surface area contributed by atoms with Crippen LogP contribution in [0.25, 0.3) is 0 Å². The first-order valence-corrected chi connectivity index (χ1v) is 12.4. The highest BCUT2D eigenvalue weighted by Crippen LogP contribution is 2.27. The number of urea groups is 1. The number of nitrogens with zero attached hydrogens (tertiary/aromatic N) is 2. The molecule has 192 valence electrons. The summed E-state index contributed by atoms with van der Waals surface area (Å²) in [4.78, 5) is 41.3. The minimum Gasteiger partial charge on any atom is -0.444 e. The molecule has 0 saturated heterocycles. The fourth-order valence-corrected chi connectivity index (χ4v) is 3.70. The molecule has 1 aromatic carbocycles. The SMILES string of the molecule is CC(C)NC(=O)N(CCN(C)C)Cc1ccc(C(=O)Nc2cscc2NC(=O)OC(C)(C)C)cc1. The Labute approximate surface area is 211 Å². The number of nitrogens with one attached hydrogen (secondary N) is 3. The summed E-state index contributed by atoms with van der Waals surface area (Å²) in [5.41, 5.74) is 1.73. The molecule has 0 unspecified atom stereocenters. The van der Waals surface area contributed by atoms with Crippen molar-refractivity contribution in [3.8, 4) is 0 Å². The Kier molecular flexibility index (Phi) is 10.1. The fourth-order valence-electron chi connectivity index (χ4n) is 2.99. The Morgan fingerprint density at radius 2 is 1.57 bits per heavy atom. The molecule has 0 spiro atoms. The van der Waals surface area contributed by atoms with Crippen LogP contribution in [-0.2, 0) is 11.3 Å². The smallest absolute Gasteiger partial charge is 0.412 e. The summed E-state index contributed by atoms with van der Waals surface area (Å²) < 4.78 is 5.28. The number of anilines is 2. The lowest BCUT2D eigenvalue weighted by Crippen LogP contribution is -2.45. The van der Waals surface area contributed by atoms with Gasteiger partial charge in [0, 0.05) is 42.0 Å². The zero-order valence-corrected chi connectivity index (χ0v) is 22.4. The third kappa shape index (κ3) is 9.96. The Bertz CT molecular complexity index is 996. The topological polar surface area (TPSA) is 103 Å². The van der Waals surface area contributed by atoms with Gasteiger partial charge in [0.1, 0.15) is 5.60 Å². The summed E-state index contributed by atoms with van der Waals surface area (Å²) in [6.07, 6.45) is -0.587. The summed E-state index contributed by atoms with van der Waals surface area (Å²) in [5.74, 6) is -0.302. The number of carbonyl (C=O) groups is 3. The Morgan fingerprint density at radius 3 is 2.11 bits per heavy atom. The van der Waals surface area contributed by atoms with E-state index >= 15 is 0 Å². The number of hydrogen-bond donors (Lipinski definition) is 3. The van der Waals surface area contributed by atoms with E-state index in [4.69, 9.17) is 4.74 Å². The third-order valence-electron chi connectivity index (χ3n) is 4.65. The van der Waals surface area contributed by atoms with Crippen molar-refractivity contribution in [3.05, 3.63) is 46.2 Å². The molecule has 2 rings (SSSR count). The van der Waals surface area contributed by atoms with Crippen LogP contribution in [0.4, 0.5) is 21.0 Å². The molecule has 10 heteroatoms. The van der Waals surface area contributed by atoms with E-state index in [1.807, 2.05) is 45.0 Å². The summed E-state index contributed by atoms with van der Waals surface area (Å²) in [6, 6.07) is 7.06. The molecule has 1 heterocycles. The molecule has 0 bridgehead atoms. The second-order valence-corrected chi connectivity index (χ2v) is 10.5. The maximum atomic E-state index is 12.8. The molecule has 0 radical (unpaired) electrons. The van der Waals surface area contributed by atoms with E-state index in [2.05, 4.69) is 16.0 Å². The van der Waals surface area contributed by atoms with Crippen molar-refractivity contribution in [2.24, 2.45) is 0 Å². The number of likely N-dealkylation sites (N-methyl/N-ethyl adjacent to an activating group) is 1. The number of hydrogen-bond acceptors (Lipinski definition) is 6. The first-order valence-electron chi connectivity index (χ1n) is 11.5. The lowest BCUT2D eigenvalue weighted by atomic mass is 10.1. The van der Waals surface area contributed by atoms with Gasteiger partial charge >= 0.3 is 12.1 Å². The van der Waals surface area contributed by atoms with E-state index in [-0.39, 0.29) is 18.0 Å². The number of ether oxygens (including phenoxy) is 1. The van der Waals surface area contributed by atoms with Crippen molar-refractivity contribution in [2.45, 2.75) is 52.8 Å². The van der Waals surface area contributed by atoms with E-state index < -0.39 is 11.7 Å². The van der Waals surface area contributed by atoms with Crippen LogP contribution in [0.2, 0.25) is 0 Å². The van der Waals surface area contributed by atoms with Gasteiger partial charge in [-0.05, 0) is 66.4 Å². The molecular weight excluding hydrogens is 466 g/mol. The van der Waals surface area contributed by atoms with E-state index in [9.17, 15) is 14.4 Å². The third-order valence-corrected chi connectivity index (χ3v) is 5.40. The number of rotatable bonds is 9. The van der Waals surface area contributed by atoms with Gasteiger partial charge in [-0.1, -0.05) is 12.1 Å². The Morgan fingerprint density at radius 1 is 0.971 bits per heavy atom. The molecular formula is C25H37N5O4S. The summed E-state index contributed by atoms with van der Waals surface area (Å²) in [7, 11) is 3.93. The predicted molar refractivity (Wildman–Crippen MR) is 141 cm³/mol. The maximum Gasteiger partial charge on any atom is 0.412 e. The fraction of sp³-hybridized carbons (Fsp3) is 0.480. The van der Waals surface area contributed by atoms with Crippen LogP contribution in [-0.4, -0.2) is 66.7 Å². The van der Waals surface area contributed by atoms with Gasteiger partial charge in [0.25, 0.3) is 5.91 Å². The highest BCUT2D eigenvalue weighted by atomic mass is 32.1. The van der Waals surface area contributed by atoms with Crippen molar-refractivity contribution >= 4 is 40.7 Å². The number of carbonyl (C=O) groups excluding carboxylic acids is 3. The van der Waals surface area contributed by atoms with E-state index in [0.29, 0.717) is 30.0 Å². The van der Waals surface area contributed by atoms with E-state index in [1.54, 1.807) is 48.6 Å². The molecule has 0 atom stereocenters. The van der Waals surface area contributed by atoms with Crippen molar-refractivity contribution in [1.82, 2.24) is 15.1 Å².